The molecule has 1 heterocycles. The van der Waals surface area contributed by atoms with Crippen LogP contribution in [0.4, 0.5) is 0 Å². The van der Waals surface area contributed by atoms with Crippen LogP contribution in [0.15, 0.2) is 18.2 Å². The maximum absolute atomic E-state index is 5.10. The van der Waals surface area contributed by atoms with Gasteiger partial charge in [0.25, 0.3) is 0 Å². The van der Waals surface area contributed by atoms with Crippen LogP contribution in [0.2, 0.25) is 0 Å². The van der Waals surface area contributed by atoms with Crippen molar-refractivity contribution in [3.8, 4) is 0 Å². The molecule has 0 atom stereocenters. The summed E-state index contributed by atoms with van der Waals surface area (Å²) < 4.78 is 4.10. The molecule has 11 heavy (non-hydrogen) atoms. The van der Waals surface area contributed by atoms with E-state index in [4.69, 9.17) is 12.2 Å². The van der Waals surface area contributed by atoms with Gasteiger partial charge in [-0.2, -0.15) is 0 Å². The van der Waals surface area contributed by atoms with Gasteiger partial charge in [-0.1, -0.05) is 12.2 Å². The first-order chi connectivity index (χ1) is 5.04. The van der Waals surface area contributed by atoms with Gasteiger partial charge in [-0.15, -0.1) is 0 Å². The normalized spacial score (nSPS) is 10.2. The summed E-state index contributed by atoms with van der Waals surface area (Å²) in [5, 5.41) is 0. The maximum Gasteiger partial charge on any atom is 0.0987 e. The first-order valence-corrected chi connectivity index (χ1v) is 6.04. The zero-order valence-electron chi connectivity index (χ0n) is 4.92. The lowest BCUT2D eigenvalue weighted by Gasteiger charge is -2.01. The quantitative estimate of drug-likeness (QED) is 0.466. The first-order valence-electron chi connectivity index (χ1n) is 2.46. The van der Waals surface area contributed by atoms with Gasteiger partial charge in [-0.3, -0.25) is 0 Å². The van der Waals surface area contributed by atoms with Crippen LogP contribution >= 0.6 is 75.9 Å². The van der Waals surface area contributed by atoms with Gasteiger partial charge in [0.1, 0.15) is 0 Å². The van der Waals surface area contributed by atoms with Crippen LogP contribution in [-0.4, -0.2) is 4.98 Å². The second kappa shape index (κ2) is 4.00. The van der Waals surface area contributed by atoms with Gasteiger partial charge in [-0.05, 0) is 63.7 Å². The zero-order chi connectivity index (χ0) is 8.59. The van der Waals surface area contributed by atoms with Gasteiger partial charge in [0.05, 0.1) is 22.7 Å². The molecule has 1 rings (SSSR count). The van der Waals surface area contributed by atoms with Crippen LogP contribution in [-0.2, 0) is 0 Å². The third-order valence-corrected chi connectivity index (χ3v) is 5.78. The van der Waals surface area contributed by atoms with Gasteiger partial charge >= 0.3 is 0 Å². The van der Waals surface area contributed by atoms with E-state index in [1.165, 1.54) is 0 Å². The van der Waals surface area contributed by atoms with Crippen molar-refractivity contribution in [1.29, 1.82) is 0 Å². The van der Waals surface area contributed by atoms with Crippen LogP contribution in [0.3, 0.4) is 0 Å². The Morgan fingerprint density at radius 3 is 1.64 bits per heavy atom. The monoisotopic (exact) mass is 423 g/mol. The summed E-state index contributed by atoms with van der Waals surface area (Å²) in [5.41, 5.74) is 0. The molecule has 6 heteroatoms. The fourth-order valence-electron chi connectivity index (χ4n) is 0.502. The second-order valence-electron chi connectivity index (χ2n) is 1.71. The van der Waals surface area contributed by atoms with Crippen molar-refractivity contribution < 1.29 is 0 Å². The van der Waals surface area contributed by atoms with Crippen molar-refractivity contribution >= 4 is 75.9 Å². The van der Waals surface area contributed by atoms with E-state index in [1.54, 1.807) is 0 Å². The van der Waals surface area contributed by atoms with Gasteiger partial charge in [0, 0.05) is 0 Å². The molecule has 1 N–H and O–H groups in total. The third kappa shape index (κ3) is 2.15. The Bertz CT molecular complexity index is 316. The number of rotatable bonds is 0. The molecule has 0 aliphatic heterocycles. The van der Waals surface area contributed by atoms with Crippen molar-refractivity contribution in [2.75, 3.05) is 0 Å². The highest BCUT2D eigenvalue weighted by molar-refractivity contribution is 9.13. The van der Waals surface area contributed by atoms with E-state index in [-0.39, 0.29) is 0 Å². The molecule has 0 amide bonds. The number of aromatic amines is 1. The van der Waals surface area contributed by atoms with Crippen molar-refractivity contribution in [1.82, 2.24) is 4.98 Å². The predicted octanol–water partition coefficient (Wildman–Crippen LogP) is 4.79. The van der Waals surface area contributed by atoms with E-state index < -0.39 is 0 Å². The van der Waals surface area contributed by atoms with Crippen molar-refractivity contribution in [2.24, 2.45) is 0 Å². The van der Waals surface area contributed by atoms with E-state index in [9.17, 15) is 0 Å². The number of nitrogens with one attached hydrogen (secondary N) is 1. The van der Waals surface area contributed by atoms with E-state index in [2.05, 4.69) is 68.7 Å². The smallest absolute Gasteiger partial charge is 0.0987 e. The summed E-state index contributed by atoms with van der Waals surface area (Å²) in [6, 6.07) is 0. The largest absolute Gasteiger partial charge is 0.342 e. The number of hydrogen-bond donors (Lipinski definition) is 1. The minimum Gasteiger partial charge on any atom is -0.342 e. The highest BCUT2D eigenvalue weighted by Crippen LogP contribution is 2.31. The number of halogens is 4. The molecule has 0 bridgehead atoms. The maximum atomic E-state index is 5.10. The molecule has 1 nitrogen and oxygen atoms in total. The lowest BCUT2D eigenvalue weighted by atomic mass is 10.5. The fourth-order valence-corrected chi connectivity index (χ4v) is 2.89. The molecular weight excluding hydrogens is 426 g/mol. The first kappa shape index (κ1) is 10.4. The average Bonchev–Trinajstić information content (AvgIpc) is 1.97. The lowest BCUT2D eigenvalue weighted by molar-refractivity contribution is 1.18. The molecule has 1 aromatic rings. The van der Waals surface area contributed by atoms with Crippen molar-refractivity contribution in [3.05, 3.63) is 22.7 Å². The lowest BCUT2D eigenvalue weighted by Crippen LogP contribution is -1.83. The number of hydrogen-bond acceptors (Lipinski definition) is 1. The van der Waals surface area contributed by atoms with Crippen molar-refractivity contribution in [2.45, 2.75) is 0 Å². The molecule has 60 valence electrons. The van der Waals surface area contributed by atoms with Gasteiger partial charge in [0.2, 0.25) is 0 Å². The summed E-state index contributed by atoms with van der Waals surface area (Å²) >= 11 is 18.4. The van der Waals surface area contributed by atoms with Crippen LogP contribution in [0.1, 0.15) is 0 Å². The van der Waals surface area contributed by atoms with Crippen LogP contribution in [0.5, 0.6) is 0 Å². The fraction of sp³-hybridized carbons (Fsp3) is 0. The molecule has 0 aliphatic rings. The van der Waals surface area contributed by atoms with E-state index in [0.717, 1.165) is 22.7 Å². The van der Waals surface area contributed by atoms with E-state index >= 15 is 0 Å². The molecule has 0 unspecified atom stereocenters. The Labute approximate surface area is 102 Å². The minimum atomic E-state index is 0.738. The number of H-pyrrole nitrogens is 1. The molecule has 0 fully saturated rings. The molecule has 0 spiro atoms. The van der Waals surface area contributed by atoms with E-state index in [1.807, 2.05) is 0 Å². The average molecular weight is 427 g/mol. The molecule has 0 saturated heterocycles. The topological polar surface area (TPSA) is 15.8 Å². The summed E-state index contributed by atoms with van der Waals surface area (Å²) in [6.07, 6.45) is 0. The summed E-state index contributed by atoms with van der Waals surface area (Å²) in [5.74, 6) is 0. The third-order valence-electron chi connectivity index (χ3n) is 1.00. The van der Waals surface area contributed by atoms with Gasteiger partial charge in [-0.25, -0.2) is 0 Å². The molecule has 0 radical (unpaired) electrons. The molecule has 0 aliphatic carbocycles. The Morgan fingerprint density at radius 2 is 1.27 bits per heavy atom. The second-order valence-corrected chi connectivity index (χ2v) is 5.29. The Balaban J connectivity index is 3.59. The summed E-state index contributed by atoms with van der Waals surface area (Å²) in [7, 11) is 0. The Morgan fingerprint density at radius 1 is 0.909 bits per heavy atom. The number of aromatic nitrogens is 1. The standard InChI is InChI=1S/C5HBr4NS/c6-1-3(11)2(7)5(9)10-4(1)8/h(H,10,11). The number of pyridine rings is 1. The van der Waals surface area contributed by atoms with Gasteiger partial charge in [0.15, 0.2) is 0 Å². The zero-order valence-corrected chi connectivity index (χ0v) is 12.1. The highest BCUT2D eigenvalue weighted by atomic mass is 79.9. The SMILES string of the molecule is S=c1c(Br)c(Br)[nH]c(Br)c1Br. The molecule has 1 aromatic heterocycles. The summed E-state index contributed by atoms with van der Waals surface area (Å²) in [6.45, 7) is 0. The molecular formula is C5HBr4NS. The van der Waals surface area contributed by atoms with Crippen molar-refractivity contribution in [3.63, 3.8) is 0 Å². The Kier molecular flexibility index (Phi) is 3.77. The van der Waals surface area contributed by atoms with Gasteiger partial charge < -0.3 is 4.98 Å². The highest BCUT2D eigenvalue weighted by Gasteiger charge is 2.05. The van der Waals surface area contributed by atoms with Crippen LogP contribution in [0.25, 0.3) is 0 Å². The summed E-state index contributed by atoms with van der Waals surface area (Å²) in [4.78, 5) is 3.02. The van der Waals surface area contributed by atoms with Crippen LogP contribution < -0.4 is 0 Å². The minimum absolute atomic E-state index is 0.738. The van der Waals surface area contributed by atoms with Crippen LogP contribution in [0, 0.1) is 4.51 Å². The van der Waals surface area contributed by atoms with E-state index in [0.29, 0.717) is 0 Å². The predicted molar refractivity (Wildman–Crippen MR) is 62.4 cm³/mol. The molecule has 0 aromatic carbocycles. The Hall–Kier alpha value is 1.29. The molecule has 0 saturated carbocycles.